The molecule has 0 saturated carbocycles. The third-order valence-corrected chi connectivity index (χ3v) is 22.3. The Balaban J connectivity index is 1.11. The molecule has 0 unspecified atom stereocenters. The van der Waals surface area contributed by atoms with Crippen LogP contribution in [0.25, 0.3) is 66.1 Å². The van der Waals surface area contributed by atoms with Crippen molar-refractivity contribution >= 4 is 119 Å². The monoisotopic (exact) mass is 902 g/mol. The maximum atomic E-state index is 7.30. The highest BCUT2D eigenvalue weighted by Gasteiger charge is 2.58. The quantitative estimate of drug-likeness (QED) is 0.154. The molecule has 9 aromatic carbocycles. The molecule has 6 heteroatoms. The van der Waals surface area contributed by atoms with Crippen molar-refractivity contribution in [3.63, 3.8) is 0 Å². The summed E-state index contributed by atoms with van der Waals surface area (Å²) in [6, 6.07) is 64.7. The Labute approximate surface area is 402 Å². The molecule has 0 N–H and O–H groups in total. The molecule has 0 atom stereocenters. The lowest BCUT2D eigenvalue weighted by Gasteiger charge is -2.51. The van der Waals surface area contributed by atoms with Crippen LogP contribution >= 0.6 is 0 Å². The van der Waals surface area contributed by atoms with Gasteiger partial charge in [-0.05, 0) is 127 Å². The van der Waals surface area contributed by atoms with Gasteiger partial charge < -0.3 is 18.5 Å². The van der Waals surface area contributed by atoms with Crippen LogP contribution in [0.3, 0.4) is 0 Å². The van der Waals surface area contributed by atoms with Crippen LogP contribution in [0, 0.1) is 6.92 Å². The summed E-state index contributed by atoms with van der Waals surface area (Å²) in [5.74, 6) is 0. The van der Waals surface area contributed by atoms with Crippen molar-refractivity contribution in [1.82, 2.24) is 0 Å². The second-order valence-electron chi connectivity index (χ2n) is 21.8. The zero-order valence-electron chi connectivity index (χ0n) is 39.4. The number of para-hydroxylation sites is 4. The topological polar surface area (TPSA) is 32.8 Å². The van der Waals surface area contributed by atoms with Crippen molar-refractivity contribution in [3.05, 3.63) is 187 Å². The summed E-state index contributed by atoms with van der Waals surface area (Å²) in [5.41, 5.74) is 21.6. The van der Waals surface area contributed by atoms with E-state index in [2.05, 4.69) is 214 Å². The fourth-order valence-corrected chi connectivity index (χ4v) is 19.8. The second-order valence-corrected chi connectivity index (χ2v) is 25.4. The van der Waals surface area contributed by atoms with Gasteiger partial charge in [0.2, 0.25) is 0 Å². The normalized spacial score (nSPS) is 16.9. The number of benzene rings is 9. The summed E-state index contributed by atoms with van der Waals surface area (Å²) >= 11 is 0. The minimum atomic E-state index is -2.91. The molecule has 4 nitrogen and oxygen atoms in total. The van der Waals surface area contributed by atoms with E-state index >= 15 is 0 Å². The Hall–Kier alpha value is -7.54. The molecule has 0 bridgehead atoms. The summed E-state index contributed by atoms with van der Waals surface area (Å²) in [5, 5.41) is 10.3. The number of fused-ring (bicyclic) bond motifs is 22. The van der Waals surface area contributed by atoms with Crippen LogP contribution in [0.4, 0.5) is 28.4 Å². The van der Waals surface area contributed by atoms with E-state index in [1.807, 2.05) is 0 Å². The van der Waals surface area contributed by atoms with Crippen LogP contribution in [-0.2, 0) is 10.8 Å². The zero-order chi connectivity index (χ0) is 45.9. The number of hydrogen-bond donors (Lipinski definition) is 0. The average molecular weight is 903 g/mol. The molecule has 16 rings (SSSR count). The highest BCUT2D eigenvalue weighted by molar-refractivity contribution is 7.24. The summed E-state index contributed by atoms with van der Waals surface area (Å²) in [6.07, 6.45) is 2.31. The van der Waals surface area contributed by atoms with Gasteiger partial charge in [0, 0.05) is 66.6 Å². The lowest BCUT2D eigenvalue weighted by Crippen LogP contribution is -2.78. The molecule has 5 aliphatic rings. The number of rotatable bonds is 1. The highest BCUT2D eigenvalue weighted by atomic mass is 28.3. The molecule has 1 aliphatic carbocycles. The van der Waals surface area contributed by atoms with Crippen molar-refractivity contribution in [2.45, 2.75) is 58.3 Å². The van der Waals surface area contributed by atoms with E-state index in [0.29, 0.717) is 0 Å². The van der Waals surface area contributed by atoms with Crippen molar-refractivity contribution in [1.29, 1.82) is 0 Å². The number of furan rings is 2. The Morgan fingerprint density at radius 2 is 1.04 bits per heavy atom. The smallest absolute Gasteiger partial charge is 0.337 e. The Morgan fingerprint density at radius 1 is 0.464 bits per heavy atom. The van der Waals surface area contributed by atoms with E-state index < -0.39 is 8.07 Å². The third kappa shape index (κ3) is 4.54. The van der Waals surface area contributed by atoms with E-state index in [4.69, 9.17) is 8.83 Å². The maximum absolute atomic E-state index is 7.30. The molecular weight excluding hydrogens is 856 g/mol. The van der Waals surface area contributed by atoms with Crippen LogP contribution in [0.2, 0.25) is 0 Å². The molecule has 4 aliphatic heterocycles. The predicted molar refractivity (Wildman–Crippen MR) is 291 cm³/mol. The maximum Gasteiger partial charge on any atom is 0.337 e. The van der Waals surface area contributed by atoms with Gasteiger partial charge in [-0.25, -0.2) is 0 Å². The minimum Gasteiger partial charge on any atom is -0.456 e. The van der Waals surface area contributed by atoms with E-state index in [-0.39, 0.29) is 17.7 Å². The average Bonchev–Trinajstić information content (AvgIpc) is 4.04. The molecule has 0 fully saturated rings. The molecular formula is C63H47BN2O2Si. The van der Waals surface area contributed by atoms with E-state index in [9.17, 15) is 0 Å². The minimum absolute atomic E-state index is 0.0193. The van der Waals surface area contributed by atoms with Crippen LogP contribution < -0.4 is 41.4 Å². The molecule has 0 saturated heterocycles. The summed E-state index contributed by atoms with van der Waals surface area (Å²) in [4.78, 5) is 5.37. The van der Waals surface area contributed by atoms with E-state index in [0.717, 1.165) is 56.0 Å². The molecule has 0 amide bonds. The predicted octanol–water partition coefficient (Wildman–Crippen LogP) is 12.5. The SMILES string of the molecule is Cc1cc2c(cc1N1c3cc4c(oc5ccccc54)c4c3B(c3c1ccc1c3oc3ccccc31)N1c3ccccc3[Si]3(c5ccccc5-c5ccccc53)c3cccc-4c31)C(C)(C)CCC2(C)C. The summed E-state index contributed by atoms with van der Waals surface area (Å²) in [7, 11) is -2.91. The van der Waals surface area contributed by atoms with Gasteiger partial charge in [-0.3, -0.25) is 0 Å². The van der Waals surface area contributed by atoms with Crippen molar-refractivity contribution in [3.8, 4) is 22.3 Å². The summed E-state index contributed by atoms with van der Waals surface area (Å²) in [6.45, 7) is 11.8. The molecule has 328 valence electrons. The second kappa shape index (κ2) is 12.8. The highest BCUT2D eigenvalue weighted by Crippen LogP contribution is 2.55. The summed E-state index contributed by atoms with van der Waals surface area (Å²) < 4.78 is 14.6. The molecule has 11 aromatic rings. The van der Waals surface area contributed by atoms with Gasteiger partial charge in [-0.15, -0.1) is 0 Å². The van der Waals surface area contributed by atoms with Gasteiger partial charge in [0.05, 0.1) is 0 Å². The van der Waals surface area contributed by atoms with Crippen LogP contribution in [-0.4, -0.2) is 14.9 Å². The first-order valence-electron chi connectivity index (χ1n) is 24.8. The van der Waals surface area contributed by atoms with Crippen molar-refractivity contribution in [2.24, 2.45) is 0 Å². The first-order valence-corrected chi connectivity index (χ1v) is 26.8. The van der Waals surface area contributed by atoms with E-state index in [1.165, 1.54) is 99.8 Å². The molecule has 0 radical (unpaired) electrons. The number of anilines is 5. The number of aryl methyl sites for hydroxylation is 1. The van der Waals surface area contributed by atoms with Gasteiger partial charge in [0.15, 0.2) is 8.07 Å². The number of hydrogen-bond acceptors (Lipinski definition) is 4. The van der Waals surface area contributed by atoms with Gasteiger partial charge in [0.1, 0.15) is 22.3 Å². The standard InChI is InChI=1S/C63H47BN2O2Si/c1-36-33-44-45(63(4,5)32-31-62(44,2)3)35-48(36)65-47-30-29-41-37-17-6-11-23-50(37)68-61(41)58(47)64-57-49(65)34-43-38-18-7-12-24-51(38)67-60(43)56(57)42-21-16-28-55-59(42)66(64)46-22-10-15-27-54(46)69(55)52-25-13-8-19-39(52)40-20-9-14-26-53(40)69/h6-30,33-35H,31-32H2,1-5H3. The third-order valence-electron chi connectivity index (χ3n) is 17.4. The van der Waals surface area contributed by atoms with Crippen LogP contribution in [0.15, 0.2) is 179 Å². The fraction of sp³-hybridized carbons (Fsp3) is 0.143. The number of nitrogens with zero attached hydrogens (tertiary/aromatic N) is 2. The Morgan fingerprint density at radius 3 is 1.77 bits per heavy atom. The van der Waals surface area contributed by atoms with Gasteiger partial charge in [-0.2, -0.15) is 0 Å². The molecule has 6 heterocycles. The zero-order valence-corrected chi connectivity index (χ0v) is 40.4. The Kier molecular flexibility index (Phi) is 7.10. The molecule has 1 spiro atoms. The van der Waals surface area contributed by atoms with Crippen molar-refractivity contribution < 1.29 is 8.83 Å². The van der Waals surface area contributed by atoms with Gasteiger partial charge in [-0.1, -0.05) is 155 Å². The van der Waals surface area contributed by atoms with Crippen molar-refractivity contribution in [2.75, 3.05) is 9.71 Å². The lowest BCUT2D eigenvalue weighted by molar-refractivity contribution is 0.332. The lowest BCUT2D eigenvalue weighted by atomic mass is 9.43. The Bertz CT molecular complexity index is 4110. The fourth-order valence-electron chi connectivity index (χ4n) is 14.2. The largest absolute Gasteiger partial charge is 0.456 e. The molecule has 2 aromatic heterocycles. The van der Waals surface area contributed by atoms with Gasteiger partial charge >= 0.3 is 6.85 Å². The molecule has 69 heavy (non-hydrogen) atoms. The van der Waals surface area contributed by atoms with Crippen LogP contribution in [0.1, 0.15) is 57.2 Å². The van der Waals surface area contributed by atoms with Crippen LogP contribution in [0.5, 0.6) is 0 Å². The van der Waals surface area contributed by atoms with E-state index in [1.54, 1.807) is 0 Å². The first kappa shape index (κ1) is 38.4. The first-order chi connectivity index (χ1) is 33.6. The van der Waals surface area contributed by atoms with Gasteiger partial charge in [0.25, 0.3) is 0 Å².